The molecule has 2 aliphatic heterocycles. The average Bonchev–Trinajstić information content (AvgIpc) is 3.66. The Morgan fingerprint density at radius 2 is 1.73 bits per heavy atom. The molecular formula is C36H47N7O2. The Hall–Kier alpha value is -3.95. The van der Waals surface area contributed by atoms with Gasteiger partial charge in [0.2, 0.25) is 0 Å². The molecular weight excluding hydrogens is 562 g/mol. The third kappa shape index (κ3) is 7.48. The van der Waals surface area contributed by atoms with E-state index in [1.54, 1.807) is 0 Å². The van der Waals surface area contributed by atoms with Gasteiger partial charge in [-0.1, -0.05) is 31.2 Å². The summed E-state index contributed by atoms with van der Waals surface area (Å²) in [6.07, 6.45) is 10.4. The Morgan fingerprint density at radius 3 is 2.42 bits per heavy atom. The lowest BCUT2D eigenvalue weighted by atomic mass is 9.97. The molecule has 0 bridgehead atoms. The van der Waals surface area contributed by atoms with Crippen molar-refractivity contribution in [2.24, 2.45) is 0 Å². The van der Waals surface area contributed by atoms with Gasteiger partial charge in [-0.15, -0.1) is 0 Å². The van der Waals surface area contributed by atoms with E-state index in [1.807, 2.05) is 31.9 Å². The first-order valence-corrected chi connectivity index (χ1v) is 16.4. The van der Waals surface area contributed by atoms with E-state index in [-0.39, 0.29) is 6.09 Å². The van der Waals surface area contributed by atoms with Gasteiger partial charge in [0.25, 0.3) is 0 Å². The molecule has 0 unspecified atom stereocenters. The maximum Gasteiger partial charge on any atom is 0.410 e. The Bertz CT molecular complexity index is 1630. The second kappa shape index (κ2) is 13.2. The smallest absolute Gasteiger partial charge is 0.410 e. The van der Waals surface area contributed by atoms with Crippen LogP contribution in [0.15, 0.2) is 48.8 Å². The molecule has 4 aromatic rings. The number of nitrogens with zero attached hydrogens (tertiary/aromatic N) is 6. The van der Waals surface area contributed by atoms with E-state index in [1.165, 1.54) is 22.3 Å². The van der Waals surface area contributed by atoms with Gasteiger partial charge in [-0.25, -0.2) is 4.79 Å². The van der Waals surface area contributed by atoms with Gasteiger partial charge >= 0.3 is 6.09 Å². The Morgan fingerprint density at radius 1 is 1.00 bits per heavy atom. The monoisotopic (exact) mass is 609 g/mol. The molecule has 0 spiro atoms. The number of carbonyl (C=O) groups excluding carboxylic acids is 1. The number of likely N-dealkylation sites (tertiary alicyclic amines) is 1. The van der Waals surface area contributed by atoms with Crippen molar-refractivity contribution in [2.45, 2.75) is 65.6 Å². The van der Waals surface area contributed by atoms with Gasteiger partial charge in [0, 0.05) is 63.0 Å². The van der Waals surface area contributed by atoms with Crippen molar-refractivity contribution in [1.82, 2.24) is 34.7 Å². The van der Waals surface area contributed by atoms with Crippen LogP contribution in [0.25, 0.3) is 34.2 Å². The van der Waals surface area contributed by atoms with Crippen LogP contribution in [-0.2, 0) is 11.3 Å². The van der Waals surface area contributed by atoms with Crippen LogP contribution in [0.2, 0.25) is 0 Å². The quantitative estimate of drug-likeness (QED) is 0.254. The summed E-state index contributed by atoms with van der Waals surface area (Å²) in [5.74, 6) is 0. The third-order valence-corrected chi connectivity index (χ3v) is 9.07. The lowest BCUT2D eigenvalue weighted by Crippen LogP contribution is -2.49. The van der Waals surface area contributed by atoms with E-state index in [0.717, 1.165) is 74.3 Å². The maximum atomic E-state index is 12.4. The summed E-state index contributed by atoms with van der Waals surface area (Å²) >= 11 is 0. The molecule has 2 saturated heterocycles. The van der Waals surface area contributed by atoms with Crippen molar-refractivity contribution in [3.8, 4) is 11.1 Å². The van der Waals surface area contributed by atoms with Crippen LogP contribution in [0.4, 0.5) is 4.79 Å². The number of hydrogen-bond acceptors (Lipinski definition) is 6. The first kappa shape index (κ1) is 31.0. The van der Waals surface area contributed by atoms with E-state index < -0.39 is 5.60 Å². The standard InChI is InChI=1S/C36H47N7O2/c1-6-40-15-13-30(14-16-40)43-25-28(23-37-43)9-12-33-32-22-31(26(2)21-34(32)39-38-33)29-10-7-27(8-11-29)24-41-17-19-42(20-18-41)35(44)45-36(3,4)5/h7-12,21-23,25,30H,6,13-20,24H2,1-5H3,(H,38,39)/b12-9+. The normalized spacial score (nSPS) is 17.5. The van der Waals surface area contributed by atoms with Crippen molar-refractivity contribution in [2.75, 3.05) is 45.8 Å². The Balaban J connectivity index is 1.09. The predicted octanol–water partition coefficient (Wildman–Crippen LogP) is 6.61. The predicted molar refractivity (Wildman–Crippen MR) is 181 cm³/mol. The first-order chi connectivity index (χ1) is 21.6. The highest BCUT2D eigenvalue weighted by atomic mass is 16.6. The van der Waals surface area contributed by atoms with E-state index in [9.17, 15) is 4.79 Å². The summed E-state index contributed by atoms with van der Waals surface area (Å²) in [6.45, 7) is 17.5. The fraction of sp³-hybridized carbons (Fsp3) is 0.472. The highest BCUT2D eigenvalue weighted by Crippen LogP contribution is 2.30. The van der Waals surface area contributed by atoms with Crippen LogP contribution < -0.4 is 0 Å². The molecule has 2 fully saturated rings. The topological polar surface area (TPSA) is 82.5 Å². The van der Waals surface area contributed by atoms with Crippen LogP contribution in [0.1, 0.15) is 69.0 Å². The number of rotatable bonds is 7. The van der Waals surface area contributed by atoms with Gasteiger partial charge in [-0.3, -0.25) is 14.7 Å². The van der Waals surface area contributed by atoms with E-state index in [0.29, 0.717) is 19.1 Å². The zero-order valence-electron chi connectivity index (χ0n) is 27.4. The van der Waals surface area contributed by atoms with Crippen molar-refractivity contribution in [3.05, 3.63) is 71.2 Å². The number of amides is 1. The second-order valence-corrected chi connectivity index (χ2v) is 13.5. The van der Waals surface area contributed by atoms with E-state index >= 15 is 0 Å². The summed E-state index contributed by atoms with van der Waals surface area (Å²) < 4.78 is 7.68. The highest BCUT2D eigenvalue weighted by molar-refractivity contribution is 5.93. The number of aromatic nitrogens is 4. The molecule has 0 atom stereocenters. The molecule has 1 amide bonds. The van der Waals surface area contributed by atoms with Crippen molar-refractivity contribution < 1.29 is 9.53 Å². The molecule has 238 valence electrons. The summed E-state index contributed by atoms with van der Waals surface area (Å²) in [6, 6.07) is 13.8. The molecule has 1 N–H and O–H groups in total. The number of carbonyl (C=O) groups is 1. The number of hydrogen-bond donors (Lipinski definition) is 1. The molecule has 9 heteroatoms. The zero-order chi connectivity index (χ0) is 31.6. The molecule has 45 heavy (non-hydrogen) atoms. The van der Waals surface area contributed by atoms with Gasteiger partial charge in [0.15, 0.2) is 0 Å². The molecule has 4 heterocycles. The van der Waals surface area contributed by atoms with Crippen LogP contribution in [0.3, 0.4) is 0 Å². The minimum absolute atomic E-state index is 0.218. The zero-order valence-corrected chi connectivity index (χ0v) is 27.4. The number of fused-ring (bicyclic) bond motifs is 1. The fourth-order valence-electron chi connectivity index (χ4n) is 6.41. The van der Waals surface area contributed by atoms with Crippen LogP contribution >= 0.6 is 0 Å². The molecule has 0 saturated carbocycles. The van der Waals surface area contributed by atoms with Crippen LogP contribution in [0.5, 0.6) is 0 Å². The van der Waals surface area contributed by atoms with Gasteiger partial charge in [0.05, 0.1) is 23.4 Å². The average molecular weight is 610 g/mol. The number of piperidine rings is 1. The van der Waals surface area contributed by atoms with E-state index in [4.69, 9.17) is 4.74 Å². The first-order valence-electron chi connectivity index (χ1n) is 16.4. The summed E-state index contributed by atoms with van der Waals surface area (Å²) in [7, 11) is 0. The Labute approximate surface area is 266 Å². The van der Waals surface area contributed by atoms with Gasteiger partial charge in [0.1, 0.15) is 5.60 Å². The number of aryl methyl sites for hydroxylation is 1. The molecule has 0 aliphatic carbocycles. The van der Waals surface area contributed by atoms with Crippen molar-refractivity contribution >= 4 is 29.1 Å². The third-order valence-electron chi connectivity index (χ3n) is 9.07. The maximum absolute atomic E-state index is 12.4. The summed E-state index contributed by atoms with van der Waals surface area (Å²) in [5.41, 5.74) is 7.48. The highest BCUT2D eigenvalue weighted by Gasteiger charge is 2.26. The fourth-order valence-corrected chi connectivity index (χ4v) is 6.41. The minimum atomic E-state index is -0.467. The van der Waals surface area contributed by atoms with Crippen molar-refractivity contribution in [1.29, 1.82) is 0 Å². The number of benzene rings is 2. The molecule has 2 aromatic heterocycles. The SMILES string of the molecule is CCN1CCC(n2cc(/C=C/c3n[nH]c4cc(C)c(-c5ccc(CN6CCN(C(=O)OC(C)(C)C)CC6)cc5)cc34)cn2)CC1. The van der Waals surface area contributed by atoms with Crippen LogP contribution in [-0.4, -0.2) is 92.2 Å². The number of ether oxygens (including phenoxy) is 1. The molecule has 9 nitrogen and oxygen atoms in total. The molecule has 2 aromatic carbocycles. The number of piperazine rings is 1. The largest absolute Gasteiger partial charge is 0.444 e. The second-order valence-electron chi connectivity index (χ2n) is 13.5. The van der Waals surface area contributed by atoms with Crippen molar-refractivity contribution in [3.63, 3.8) is 0 Å². The van der Waals surface area contributed by atoms with Gasteiger partial charge < -0.3 is 14.5 Å². The van der Waals surface area contributed by atoms with Gasteiger partial charge in [-0.05, 0) is 93.6 Å². The minimum Gasteiger partial charge on any atom is -0.444 e. The summed E-state index contributed by atoms with van der Waals surface area (Å²) in [5, 5.41) is 13.6. The van der Waals surface area contributed by atoms with Crippen LogP contribution in [0, 0.1) is 6.92 Å². The lowest BCUT2D eigenvalue weighted by Gasteiger charge is -2.35. The number of aromatic amines is 1. The molecule has 0 radical (unpaired) electrons. The lowest BCUT2D eigenvalue weighted by molar-refractivity contribution is 0.0139. The summed E-state index contributed by atoms with van der Waals surface area (Å²) in [4.78, 5) is 19.1. The molecule has 6 rings (SSSR count). The molecule has 2 aliphatic rings. The number of nitrogens with one attached hydrogen (secondary N) is 1. The Kier molecular flexibility index (Phi) is 9.10. The van der Waals surface area contributed by atoms with E-state index in [2.05, 4.69) is 98.4 Å². The van der Waals surface area contributed by atoms with Gasteiger partial charge in [-0.2, -0.15) is 10.2 Å². The number of H-pyrrole nitrogens is 1.